The van der Waals surface area contributed by atoms with E-state index in [2.05, 4.69) is 20.4 Å². The molecule has 0 aliphatic carbocycles. The molecule has 0 N–H and O–H groups in total. The van der Waals surface area contributed by atoms with Crippen LogP contribution in [0.3, 0.4) is 0 Å². The molecule has 3 atom stereocenters. The van der Waals surface area contributed by atoms with Crippen molar-refractivity contribution >= 4 is 0 Å². The van der Waals surface area contributed by atoms with E-state index < -0.39 is 0 Å². The number of hydrogen-bond donors (Lipinski definition) is 0. The predicted molar refractivity (Wildman–Crippen MR) is 44.6 cm³/mol. The van der Waals surface area contributed by atoms with Gasteiger partial charge >= 0.3 is 0 Å². The van der Waals surface area contributed by atoms with E-state index in [0.29, 0.717) is 6.10 Å². The smallest absolute Gasteiger partial charge is 0.113 e. The predicted octanol–water partition coefficient (Wildman–Crippen LogP) is 1.75. The van der Waals surface area contributed by atoms with E-state index in [-0.39, 0.29) is 11.7 Å². The van der Waals surface area contributed by atoms with Gasteiger partial charge < -0.3 is 9.47 Å². The van der Waals surface area contributed by atoms with Crippen molar-refractivity contribution in [3.8, 4) is 0 Å². The van der Waals surface area contributed by atoms with Crippen molar-refractivity contribution in [2.75, 3.05) is 7.11 Å². The van der Waals surface area contributed by atoms with E-state index in [1.54, 1.807) is 7.11 Å². The van der Waals surface area contributed by atoms with Crippen LogP contribution in [0.4, 0.5) is 0 Å². The Morgan fingerprint density at radius 2 is 2.27 bits per heavy atom. The summed E-state index contributed by atoms with van der Waals surface area (Å²) < 4.78 is 10.7. The SMILES string of the molecule is C=CC[C@@](C)(OC)[C@@H]1O[C@H]1C. The van der Waals surface area contributed by atoms with Crippen molar-refractivity contribution < 1.29 is 9.47 Å². The molecule has 1 heterocycles. The first-order chi connectivity index (χ1) is 5.14. The zero-order valence-corrected chi connectivity index (χ0v) is 7.46. The van der Waals surface area contributed by atoms with Gasteiger partial charge in [0.2, 0.25) is 0 Å². The fourth-order valence-electron chi connectivity index (χ4n) is 1.43. The van der Waals surface area contributed by atoms with Gasteiger partial charge in [0.1, 0.15) is 6.10 Å². The van der Waals surface area contributed by atoms with Crippen LogP contribution in [0.5, 0.6) is 0 Å². The average Bonchev–Trinajstić information content (AvgIpc) is 2.68. The van der Waals surface area contributed by atoms with Gasteiger partial charge in [0.15, 0.2) is 0 Å². The topological polar surface area (TPSA) is 21.8 Å². The molecule has 0 amide bonds. The summed E-state index contributed by atoms with van der Waals surface area (Å²) in [7, 11) is 1.72. The van der Waals surface area contributed by atoms with E-state index in [9.17, 15) is 0 Å². The zero-order chi connectivity index (χ0) is 8.48. The van der Waals surface area contributed by atoms with Crippen LogP contribution >= 0.6 is 0 Å². The van der Waals surface area contributed by atoms with Crippen molar-refractivity contribution in [3.05, 3.63) is 12.7 Å². The number of methoxy groups -OCH3 is 1. The van der Waals surface area contributed by atoms with Gasteiger partial charge in [0, 0.05) is 7.11 Å². The fourth-order valence-corrected chi connectivity index (χ4v) is 1.43. The van der Waals surface area contributed by atoms with Crippen molar-refractivity contribution in [1.29, 1.82) is 0 Å². The maximum Gasteiger partial charge on any atom is 0.113 e. The maximum atomic E-state index is 5.38. The van der Waals surface area contributed by atoms with Crippen molar-refractivity contribution in [3.63, 3.8) is 0 Å². The molecule has 1 aliphatic heterocycles. The Bertz CT molecular complexity index is 156. The zero-order valence-electron chi connectivity index (χ0n) is 7.46. The summed E-state index contributed by atoms with van der Waals surface area (Å²) in [6.07, 6.45) is 3.32. The monoisotopic (exact) mass is 156 g/mol. The quantitative estimate of drug-likeness (QED) is 0.457. The van der Waals surface area contributed by atoms with Crippen molar-refractivity contribution in [1.82, 2.24) is 0 Å². The highest BCUT2D eigenvalue weighted by Crippen LogP contribution is 2.36. The molecule has 0 saturated carbocycles. The third kappa shape index (κ3) is 1.63. The first-order valence-electron chi connectivity index (χ1n) is 3.95. The lowest BCUT2D eigenvalue weighted by Crippen LogP contribution is -2.34. The Kier molecular flexibility index (Phi) is 2.35. The van der Waals surface area contributed by atoms with Gasteiger partial charge in [-0.3, -0.25) is 0 Å². The van der Waals surface area contributed by atoms with E-state index in [0.717, 1.165) is 6.42 Å². The molecule has 2 heteroatoms. The molecule has 0 aromatic rings. The van der Waals surface area contributed by atoms with Crippen LogP contribution in [0.25, 0.3) is 0 Å². The minimum atomic E-state index is -0.166. The van der Waals surface area contributed by atoms with Gasteiger partial charge in [-0.15, -0.1) is 6.58 Å². The Labute approximate surface area is 68.2 Å². The minimum Gasteiger partial charge on any atom is -0.375 e. The molecule has 1 saturated heterocycles. The van der Waals surface area contributed by atoms with E-state index in [1.807, 2.05) is 6.08 Å². The molecule has 0 bridgehead atoms. The molecule has 1 fully saturated rings. The lowest BCUT2D eigenvalue weighted by molar-refractivity contribution is -0.0142. The average molecular weight is 156 g/mol. The van der Waals surface area contributed by atoms with Crippen LogP contribution in [-0.2, 0) is 9.47 Å². The molecule has 2 nitrogen and oxygen atoms in total. The molecule has 1 rings (SSSR count). The van der Waals surface area contributed by atoms with Crippen LogP contribution in [0.1, 0.15) is 20.3 Å². The number of rotatable bonds is 4. The highest BCUT2D eigenvalue weighted by Gasteiger charge is 2.49. The van der Waals surface area contributed by atoms with Crippen molar-refractivity contribution in [2.24, 2.45) is 0 Å². The lowest BCUT2D eigenvalue weighted by Gasteiger charge is -2.24. The van der Waals surface area contributed by atoms with Gasteiger partial charge in [-0.2, -0.15) is 0 Å². The Morgan fingerprint density at radius 3 is 2.55 bits per heavy atom. The molecular formula is C9H16O2. The van der Waals surface area contributed by atoms with Crippen LogP contribution in [0.2, 0.25) is 0 Å². The largest absolute Gasteiger partial charge is 0.375 e. The molecule has 0 radical (unpaired) electrons. The number of epoxide rings is 1. The van der Waals surface area contributed by atoms with Crippen LogP contribution < -0.4 is 0 Å². The molecular weight excluding hydrogens is 140 g/mol. The molecule has 64 valence electrons. The van der Waals surface area contributed by atoms with Crippen molar-refractivity contribution in [2.45, 2.75) is 38.1 Å². The van der Waals surface area contributed by atoms with Gasteiger partial charge in [-0.25, -0.2) is 0 Å². The van der Waals surface area contributed by atoms with Gasteiger partial charge in [0.05, 0.1) is 11.7 Å². The molecule has 0 spiro atoms. The number of ether oxygens (including phenoxy) is 2. The molecule has 0 aromatic heterocycles. The standard InChI is InChI=1S/C9H16O2/c1-5-6-9(3,10-4)8-7(2)11-8/h5,7-8H,1,6H2,2-4H3/t7-,8+,9+/m0/s1. The molecule has 0 unspecified atom stereocenters. The van der Waals surface area contributed by atoms with Gasteiger partial charge in [-0.05, 0) is 20.3 Å². The summed E-state index contributed by atoms with van der Waals surface area (Å²) in [5.41, 5.74) is -0.166. The summed E-state index contributed by atoms with van der Waals surface area (Å²) in [5.74, 6) is 0. The first-order valence-corrected chi connectivity index (χ1v) is 3.95. The third-order valence-corrected chi connectivity index (χ3v) is 2.33. The minimum absolute atomic E-state index is 0.166. The van der Waals surface area contributed by atoms with E-state index in [4.69, 9.17) is 9.47 Å². The Hall–Kier alpha value is -0.340. The summed E-state index contributed by atoms with van der Waals surface area (Å²) >= 11 is 0. The van der Waals surface area contributed by atoms with E-state index >= 15 is 0 Å². The second kappa shape index (κ2) is 2.95. The summed E-state index contributed by atoms with van der Waals surface area (Å²) in [6.45, 7) is 7.81. The lowest BCUT2D eigenvalue weighted by atomic mass is 9.96. The third-order valence-electron chi connectivity index (χ3n) is 2.33. The van der Waals surface area contributed by atoms with Crippen LogP contribution in [0, 0.1) is 0 Å². The summed E-state index contributed by atoms with van der Waals surface area (Å²) in [4.78, 5) is 0. The molecule has 0 aromatic carbocycles. The second-order valence-electron chi connectivity index (χ2n) is 3.27. The second-order valence-corrected chi connectivity index (χ2v) is 3.27. The normalized spacial score (nSPS) is 34.5. The Morgan fingerprint density at radius 1 is 1.73 bits per heavy atom. The van der Waals surface area contributed by atoms with Crippen LogP contribution in [0.15, 0.2) is 12.7 Å². The molecule has 1 aliphatic rings. The highest BCUT2D eigenvalue weighted by atomic mass is 16.6. The van der Waals surface area contributed by atoms with Gasteiger partial charge in [-0.1, -0.05) is 6.08 Å². The van der Waals surface area contributed by atoms with Gasteiger partial charge in [0.25, 0.3) is 0 Å². The summed E-state index contributed by atoms with van der Waals surface area (Å²) in [5, 5.41) is 0. The van der Waals surface area contributed by atoms with Crippen LogP contribution in [-0.4, -0.2) is 24.9 Å². The van der Waals surface area contributed by atoms with E-state index in [1.165, 1.54) is 0 Å². The highest BCUT2D eigenvalue weighted by molar-refractivity contribution is 5.00. The molecule has 11 heavy (non-hydrogen) atoms. The maximum absolute atomic E-state index is 5.38. The first kappa shape index (κ1) is 8.75. The summed E-state index contributed by atoms with van der Waals surface area (Å²) in [6, 6.07) is 0. The number of hydrogen-bond acceptors (Lipinski definition) is 2. The Balaban J connectivity index is 2.52. The fraction of sp³-hybridized carbons (Fsp3) is 0.778.